The number of fused-ring (bicyclic) bond motifs is 1. The van der Waals surface area contributed by atoms with E-state index in [2.05, 4.69) is 39.6 Å². The molecule has 4 aromatic rings. The van der Waals surface area contributed by atoms with E-state index in [0.29, 0.717) is 30.0 Å². The van der Waals surface area contributed by atoms with Crippen molar-refractivity contribution in [3.8, 4) is 17.0 Å². The number of hydrogen-bond acceptors (Lipinski definition) is 5. The van der Waals surface area contributed by atoms with Crippen LogP contribution < -0.4 is 5.32 Å². The Morgan fingerprint density at radius 1 is 1.12 bits per heavy atom. The van der Waals surface area contributed by atoms with E-state index in [9.17, 15) is 9.90 Å². The number of aromatic amines is 1. The predicted molar refractivity (Wildman–Crippen MR) is 123 cm³/mol. The number of rotatable bonds is 3. The molecular formula is C25H25N5O2. The molecule has 1 saturated heterocycles. The van der Waals surface area contributed by atoms with Crippen LogP contribution in [-0.2, 0) is 0 Å². The van der Waals surface area contributed by atoms with Crippen LogP contribution in [-0.4, -0.2) is 50.2 Å². The zero-order valence-electron chi connectivity index (χ0n) is 18.0. The largest absolute Gasteiger partial charge is 0.508 e. The first kappa shape index (κ1) is 20.2. The van der Waals surface area contributed by atoms with Crippen molar-refractivity contribution >= 4 is 16.9 Å². The Hall–Kier alpha value is -3.71. The molecule has 1 fully saturated rings. The maximum absolute atomic E-state index is 14.0. The Bertz CT molecular complexity index is 1270. The molecule has 2 atom stereocenters. The number of H-pyrrole nitrogens is 1. The van der Waals surface area contributed by atoms with Crippen molar-refractivity contribution in [3.63, 3.8) is 0 Å². The molecule has 3 N–H and O–H groups in total. The molecule has 0 aliphatic carbocycles. The lowest BCUT2D eigenvalue weighted by Gasteiger charge is -2.40. The molecule has 0 radical (unpaired) electrons. The third-order valence-electron chi connectivity index (χ3n) is 6.05. The van der Waals surface area contributed by atoms with Crippen LogP contribution in [0.1, 0.15) is 34.6 Å². The quantitative estimate of drug-likeness (QED) is 0.462. The number of phenols is 1. The van der Waals surface area contributed by atoms with E-state index in [0.717, 1.165) is 22.2 Å². The first-order chi connectivity index (χ1) is 15.5. The van der Waals surface area contributed by atoms with Crippen LogP contribution in [0.2, 0.25) is 0 Å². The highest BCUT2D eigenvalue weighted by molar-refractivity contribution is 6.07. The SMILES string of the molecule is Cc1[nH]nc2nc(-c3ccc(O)cc3)cc(C(=O)N3CC(C)NCC3c3ccccc3)c12. The monoisotopic (exact) mass is 427 g/mol. The second-order valence-corrected chi connectivity index (χ2v) is 8.34. The van der Waals surface area contributed by atoms with E-state index >= 15 is 0 Å². The summed E-state index contributed by atoms with van der Waals surface area (Å²) >= 11 is 0. The fourth-order valence-corrected chi connectivity index (χ4v) is 4.39. The fourth-order valence-electron chi connectivity index (χ4n) is 4.39. The second kappa shape index (κ2) is 8.09. The summed E-state index contributed by atoms with van der Waals surface area (Å²) in [5.41, 5.74) is 4.47. The number of hydrogen-bond donors (Lipinski definition) is 3. The van der Waals surface area contributed by atoms with Crippen molar-refractivity contribution in [1.82, 2.24) is 25.4 Å². The maximum Gasteiger partial charge on any atom is 0.255 e. The van der Waals surface area contributed by atoms with Gasteiger partial charge >= 0.3 is 0 Å². The van der Waals surface area contributed by atoms with Crippen LogP contribution in [0.3, 0.4) is 0 Å². The molecule has 0 bridgehead atoms. The first-order valence-corrected chi connectivity index (χ1v) is 10.8. The number of carbonyl (C=O) groups is 1. The number of nitrogens with zero attached hydrogens (tertiary/aromatic N) is 3. The minimum atomic E-state index is -0.0626. The molecule has 5 rings (SSSR count). The highest BCUT2D eigenvalue weighted by Crippen LogP contribution is 2.31. The minimum absolute atomic E-state index is 0.0378. The van der Waals surface area contributed by atoms with Gasteiger partial charge in [-0.15, -0.1) is 0 Å². The van der Waals surface area contributed by atoms with Crippen molar-refractivity contribution in [1.29, 1.82) is 0 Å². The molecule has 1 aliphatic heterocycles. The van der Waals surface area contributed by atoms with E-state index in [1.807, 2.05) is 36.1 Å². The van der Waals surface area contributed by atoms with Gasteiger partial charge in [-0.2, -0.15) is 5.10 Å². The van der Waals surface area contributed by atoms with Crippen molar-refractivity contribution < 1.29 is 9.90 Å². The molecule has 2 unspecified atom stereocenters. The number of aromatic hydroxyl groups is 1. The Labute approximate surface area is 186 Å². The highest BCUT2D eigenvalue weighted by atomic mass is 16.3. The Morgan fingerprint density at radius 3 is 2.62 bits per heavy atom. The number of nitrogens with one attached hydrogen (secondary N) is 2. The number of benzene rings is 2. The van der Waals surface area contributed by atoms with Crippen molar-refractivity contribution in [3.05, 3.63) is 77.5 Å². The molecule has 162 valence electrons. The number of piperazine rings is 1. The van der Waals surface area contributed by atoms with Crippen LogP contribution in [0.5, 0.6) is 5.75 Å². The van der Waals surface area contributed by atoms with Crippen LogP contribution >= 0.6 is 0 Å². The van der Waals surface area contributed by atoms with E-state index in [1.165, 1.54) is 0 Å². The summed E-state index contributed by atoms with van der Waals surface area (Å²) in [5.74, 6) is 0.145. The lowest BCUT2D eigenvalue weighted by Crippen LogP contribution is -2.53. The molecule has 32 heavy (non-hydrogen) atoms. The van der Waals surface area contributed by atoms with Gasteiger partial charge in [0, 0.05) is 30.4 Å². The summed E-state index contributed by atoms with van der Waals surface area (Å²) in [4.78, 5) is 20.6. The summed E-state index contributed by atoms with van der Waals surface area (Å²) in [6.07, 6.45) is 0. The third kappa shape index (κ3) is 3.61. The summed E-state index contributed by atoms with van der Waals surface area (Å²) in [6.45, 7) is 5.30. The summed E-state index contributed by atoms with van der Waals surface area (Å²) in [5, 5.41) is 21.2. The smallest absolute Gasteiger partial charge is 0.255 e. The zero-order valence-corrected chi connectivity index (χ0v) is 18.0. The minimum Gasteiger partial charge on any atom is -0.508 e. The second-order valence-electron chi connectivity index (χ2n) is 8.34. The van der Waals surface area contributed by atoms with Gasteiger partial charge in [-0.1, -0.05) is 30.3 Å². The van der Waals surface area contributed by atoms with Crippen LogP contribution in [0.25, 0.3) is 22.3 Å². The molecule has 7 heteroatoms. The zero-order chi connectivity index (χ0) is 22.2. The van der Waals surface area contributed by atoms with E-state index < -0.39 is 0 Å². The molecule has 1 aliphatic rings. The first-order valence-electron chi connectivity index (χ1n) is 10.8. The van der Waals surface area contributed by atoms with Crippen molar-refractivity contribution in [2.24, 2.45) is 0 Å². The van der Waals surface area contributed by atoms with Gasteiger partial charge in [-0.05, 0) is 49.7 Å². The van der Waals surface area contributed by atoms with E-state index in [1.54, 1.807) is 24.3 Å². The molecule has 7 nitrogen and oxygen atoms in total. The Morgan fingerprint density at radius 2 is 1.88 bits per heavy atom. The molecule has 1 amide bonds. The number of phenolic OH excluding ortho intramolecular Hbond substituents is 1. The third-order valence-corrected chi connectivity index (χ3v) is 6.05. The molecular weight excluding hydrogens is 402 g/mol. The molecule has 0 spiro atoms. The standard InChI is InChI=1S/C25H25N5O2/c1-15-14-30(22(13-26-15)18-6-4-3-5-7-18)25(32)20-12-21(17-8-10-19(31)11-9-17)27-24-23(20)16(2)28-29-24/h3-12,15,22,26,31H,13-14H2,1-2H3,(H,27,28,29). The summed E-state index contributed by atoms with van der Waals surface area (Å²) < 4.78 is 0. The summed E-state index contributed by atoms with van der Waals surface area (Å²) in [6, 6.07) is 18.9. The highest BCUT2D eigenvalue weighted by Gasteiger charge is 2.33. The number of amides is 1. The van der Waals surface area contributed by atoms with Gasteiger partial charge in [0.15, 0.2) is 5.65 Å². The Kier molecular flexibility index (Phi) is 5.11. The topological polar surface area (TPSA) is 94.1 Å². The molecule has 0 saturated carbocycles. The maximum atomic E-state index is 14.0. The van der Waals surface area contributed by atoms with Gasteiger partial charge in [0.25, 0.3) is 5.91 Å². The average molecular weight is 428 g/mol. The fraction of sp³-hybridized carbons (Fsp3) is 0.240. The molecule has 2 aromatic carbocycles. The van der Waals surface area contributed by atoms with Gasteiger partial charge in [-0.3, -0.25) is 9.89 Å². The van der Waals surface area contributed by atoms with E-state index in [-0.39, 0.29) is 23.7 Å². The van der Waals surface area contributed by atoms with Crippen LogP contribution in [0, 0.1) is 6.92 Å². The van der Waals surface area contributed by atoms with Gasteiger partial charge in [-0.25, -0.2) is 4.98 Å². The van der Waals surface area contributed by atoms with Gasteiger partial charge in [0.1, 0.15) is 5.75 Å². The summed E-state index contributed by atoms with van der Waals surface area (Å²) in [7, 11) is 0. The number of aromatic nitrogens is 3. The van der Waals surface area contributed by atoms with Crippen LogP contribution in [0.4, 0.5) is 0 Å². The molecule has 3 heterocycles. The number of aryl methyl sites for hydroxylation is 1. The van der Waals surface area contributed by atoms with Crippen molar-refractivity contribution in [2.75, 3.05) is 13.1 Å². The lowest BCUT2D eigenvalue weighted by atomic mass is 9.98. The lowest BCUT2D eigenvalue weighted by molar-refractivity contribution is 0.0593. The Balaban J connectivity index is 1.62. The predicted octanol–water partition coefficient (Wildman–Crippen LogP) is 3.81. The van der Waals surface area contributed by atoms with Gasteiger partial charge in [0.05, 0.1) is 22.7 Å². The van der Waals surface area contributed by atoms with E-state index in [4.69, 9.17) is 0 Å². The van der Waals surface area contributed by atoms with Crippen molar-refractivity contribution in [2.45, 2.75) is 25.9 Å². The normalized spacial score (nSPS) is 18.8. The van der Waals surface area contributed by atoms with Gasteiger partial charge in [0.2, 0.25) is 0 Å². The average Bonchev–Trinajstić information content (AvgIpc) is 3.20. The molecule has 2 aromatic heterocycles. The van der Waals surface area contributed by atoms with Crippen LogP contribution in [0.15, 0.2) is 60.7 Å². The number of carbonyl (C=O) groups excluding carboxylic acids is 1. The van der Waals surface area contributed by atoms with Gasteiger partial charge < -0.3 is 15.3 Å². The number of pyridine rings is 1.